The zero-order chi connectivity index (χ0) is 18.8. The van der Waals surface area contributed by atoms with Gasteiger partial charge in [0.25, 0.3) is 5.56 Å². The fourth-order valence-corrected chi connectivity index (χ4v) is 2.92. The molecule has 2 N–H and O–H groups in total. The molecule has 0 saturated heterocycles. The predicted molar refractivity (Wildman–Crippen MR) is 104 cm³/mol. The molecule has 4 aromatic rings. The van der Waals surface area contributed by atoms with Crippen LogP contribution in [0.15, 0.2) is 83.7 Å². The van der Waals surface area contributed by atoms with E-state index in [-0.39, 0.29) is 16.9 Å². The molecule has 132 valence electrons. The predicted octanol–water partition coefficient (Wildman–Crippen LogP) is 3.64. The number of hydrogen-bond donors (Lipinski definition) is 2. The van der Waals surface area contributed by atoms with Crippen molar-refractivity contribution in [2.45, 2.75) is 0 Å². The number of carbonyl (C=O) groups is 1. The van der Waals surface area contributed by atoms with Gasteiger partial charge in [-0.1, -0.05) is 48.5 Å². The highest BCUT2D eigenvalue weighted by Crippen LogP contribution is 2.23. The van der Waals surface area contributed by atoms with Crippen LogP contribution in [0.3, 0.4) is 0 Å². The molecule has 0 aliphatic carbocycles. The van der Waals surface area contributed by atoms with E-state index in [1.807, 2.05) is 30.3 Å². The van der Waals surface area contributed by atoms with Crippen molar-refractivity contribution in [1.82, 2.24) is 9.66 Å². The summed E-state index contributed by atoms with van der Waals surface area (Å²) >= 11 is 0. The highest BCUT2D eigenvalue weighted by molar-refractivity contribution is 5.95. The molecule has 0 amide bonds. The van der Waals surface area contributed by atoms with Crippen LogP contribution >= 0.6 is 0 Å². The summed E-state index contributed by atoms with van der Waals surface area (Å²) in [4.78, 5) is 29.4. The molecule has 0 aliphatic heterocycles. The van der Waals surface area contributed by atoms with Gasteiger partial charge in [-0.05, 0) is 30.3 Å². The van der Waals surface area contributed by atoms with Crippen molar-refractivity contribution in [3.05, 3.63) is 94.8 Å². The van der Waals surface area contributed by atoms with E-state index in [2.05, 4.69) is 10.4 Å². The topological polar surface area (TPSA) is 84.2 Å². The van der Waals surface area contributed by atoms with Gasteiger partial charge in [0.15, 0.2) is 5.82 Å². The molecule has 3 aromatic carbocycles. The summed E-state index contributed by atoms with van der Waals surface area (Å²) in [6.45, 7) is 0. The first-order chi connectivity index (χ1) is 13.1. The number of carboxylic acids is 1. The number of aromatic carboxylic acids is 1. The van der Waals surface area contributed by atoms with Crippen LogP contribution < -0.4 is 11.0 Å². The minimum absolute atomic E-state index is 0.0725. The fraction of sp³-hybridized carbons (Fsp3) is 0. The quantitative estimate of drug-likeness (QED) is 0.583. The number of rotatable bonds is 4. The Bertz CT molecular complexity index is 1200. The number of aromatic nitrogens is 2. The van der Waals surface area contributed by atoms with Crippen LogP contribution in [-0.4, -0.2) is 20.7 Å². The van der Waals surface area contributed by atoms with E-state index >= 15 is 0 Å². The molecule has 0 saturated carbocycles. The maximum absolute atomic E-state index is 13.1. The van der Waals surface area contributed by atoms with Crippen molar-refractivity contribution in [3.8, 4) is 11.4 Å². The van der Waals surface area contributed by atoms with Gasteiger partial charge in [0, 0.05) is 5.56 Å². The summed E-state index contributed by atoms with van der Waals surface area (Å²) in [5, 5.41) is 10.00. The van der Waals surface area contributed by atoms with E-state index in [0.717, 1.165) is 0 Å². The highest BCUT2D eigenvalue weighted by Gasteiger charge is 2.18. The minimum Gasteiger partial charge on any atom is -0.478 e. The molecule has 0 aliphatic rings. The zero-order valence-corrected chi connectivity index (χ0v) is 14.2. The SMILES string of the molecule is O=C(O)c1ccccc1-c1nc2ccccc2c(=O)n1Nc1ccccc1. The number of para-hydroxylation sites is 2. The summed E-state index contributed by atoms with van der Waals surface area (Å²) in [5.41, 5.74) is 4.36. The Morgan fingerprint density at radius 3 is 2.33 bits per heavy atom. The number of hydrogen-bond acceptors (Lipinski definition) is 4. The first kappa shape index (κ1) is 16.5. The molecule has 1 aromatic heterocycles. The maximum atomic E-state index is 13.1. The van der Waals surface area contributed by atoms with Gasteiger partial charge >= 0.3 is 5.97 Å². The summed E-state index contributed by atoms with van der Waals surface area (Å²) < 4.78 is 1.29. The number of nitrogens with zero attached hydrogens (tertiary/aromatic N) is 2. The van der Waals surface area contributed by atoms with Crippen LogP contribution in [0.25, 0.3) is 22.3 Å². The largest absolute Gasteiger partial charge is 0.478 e. The molecule has 0 bridgehead atoms. The molecule has 27 heavy (non-hydrogen) atoms. The summed E-state index contributed by atoms with van der Waals surface area (Å²) in [7, 11) is 0. The van der Waals surface area contributed by atoms with Crippen molar-refractivity contribution in [1.29, 1.82) is 0 Å². The van der Waals surface area contributed by atoms with Gasteiger partial charge in [-0.3, -0.25) is 10.2 Å². The smallest absolute Gasteiger partial charge is 0.336 e. The van der Waals surface area contributed by atoms with Crippen LogP contribution in [0, 0.1) is 0 Å². The van der Waals surface area contributed by atoms with Crippen molar-refractivity contribution in [2.75, 3.05) is 5.43 Å². The Morgan fingerprint density at radius 2 is 1.56 bits per heavy atom. The van der Waals surface area contributed by atoms with E-state index in [9.17, 15) is 14.7 Å². The first-order valence-corrected chi connectivity index (χ1v) is 8.32. The van der Waals surface area contributed by atoms with E-state index in [4.69, 9.17) is 0 Å². The lowest BCUT2D eigenvalue weighted by Crippen LogP contribution is -2.29. The Labute approximate surface area is 154 Å². The molecule has 0 spiro atoms. The van der Waals surface area contributed by atoms with E-state index in [1.165, 1.54) is 10.7 Å². The normalized spacial score (nSPS) is 10.7. The second-order valence-electron chi connectivity index (χ2n) is 5.92. The Balaban J connectivity index is 2.03. The minimum atomic E-state index is -1.08. The van der Waals surface area contributed by atoms with Crippen molar-refractivity contribution in [3.63, 3.8) is 0 Å². The lowest BCUT2D eigenvalue weighted by Gasteiger charge is -2.16. The Kier molecular flexibility index (Phi) is 4.14. The van der Waals surface area contributed by atoms with Gasteiger partial charge in [0.05, 0.1) is 22.2 Å². The Hall–Kier alpha value is -3.93. The lowest BCUT2D eigenvalue weighted by molar-refractivity contribution is 0.0697. The summed E-state index contributed by atoms with van der Waals surface area (Å²) in [5.74, 6) is -0.847. The van der Waals surface area contributed by atoms with Gasteiger partial charge in [0.2, 0.25) is 0 Å². The van der Waals surface area contributed by atoms with E-state index < -0.39 is 5.97 Å². The molecular weight excluding hydrogens is 342 g/mol. The molecule has 1 heterocycles. The molecule has 0 fully saturated rings. The molecule has 6 nitrogen and oxygen atoms in total. The molecule has 0 unspecified atom stereocenters. The van der Waals surface area contributed by atoms with Gasteiger partial charge < -0.3 is 5.11 Å². The average Bonchev–Trinajstić information content (AvgIpc) is 2.71. The highest BCUT2D eigenvalue weighted by atomic mass is 16.4. The third-order valence-electron chi connectivity index (χ3n) is 4.19. The third-order valence-corrected chi connectivity index (χ3v) is 4.19. The zero-order valence-electron chi connectivity index (χ0n) is 14.2. The van der Waals surface area contributed by atoms with Gasteiger partial charge in [-0.15, -0.1) is 0 Å². The molecule has 0 radical (unpaired) electrons. The number of nitrogens with one attached hydrogen (secondary N) is 1. The van der Waals surface area contributed by atoms with E-state index in [0.29, 0.717) is 22.2 Å². The number of carboxylic acid groups (broad SMARTS) is 1. The van der Waals surface area contributed by atoms with Crippen molar-refractivity contribution < 1.29 is 9.90 Å². The standard InChI is InChI=1S/C21H15N3O3/c25-20-17-12-6-7-13-18(17)22-19(15-10-4-5-11-16(15)21(26)27)24(20)23-14-8-2-1-3-9-14/h1-13,23H,(H,26,27). The second kappa shape index (κ2) is 6.76. The maximum Gasteiger partial charge on any atom is 0.336 e. The van der Waals surface area contributed by atoms with Crippen LogP contribution in [0.4, 0.5) is 5.69 Å². The molecule has 4 rings (SSSR count). The van der Waals surface area contributed by atoms with Crippen molar-refractivity contribution >= 4 is 22.6 Å². The van der Waals surface area contributed by atoms with Crippen LogP contribution in [0.2, 0.25) is 0 Å². The molecule has 0 atom stereocenters. The Morgan fingerprint density at radius 1 is 0.889 bits per heavy atom. The fourth-order valence-electron chi connectivity index (χ4n) is 2.92. The lowest BCUT2D eigenvalue weighted by atomic mass is 10.1. The van der Waals surface area contributed by atoms with Crippen molar-refractivity contribution in [2.24, 2.45) is 0 Å². The third kappa shape index (κ3) is 3.04. The average molecular weight is 357 g/mol. The van der Waals surface area contributed by atoms with Gasteiger partial charge in [0.1, 0.15) is 0 Å². The van der Waals surface area contributed by atoms with Crippen LogP contribution in [0.5, 0.6) is 0 Å². The number of fused-ring (bicyclic) bond motifs is 1. The monoisotopic (exact) mass is 357 g/mol. The van der Waals surface area contributed by atoms with E-state index in [1.54, 1.807) is 42.5 Å². The number of benzene rings is 3. The van der Waals surface area contributed by atoms with Crippen LogP contribution in [-0.2, 0) is 0 Å². The first-order valence-electron chi connectivity index (χ1n) is 8.32. The summed E-state index contributed by atoms with van der Waals surface area (Å²) in [6, 6.07) is 22.7. The van der Waals surface area contributed by atoms with Gasteiger partial charge in [-0.25, -0.2) is 14.5 Å². The van der Waals surface area contributed by atoms with Gasteiger partial charge in [-0.2, -0.15) is 0 Å². The summed E-state index contributed by atoms with van der Waals surface area (Å²) in [6.07, 6.45) is 0. The van der Waals surface area contributed by atoms with Crippen LogP contribution in [0.1, 0.15) is 10.4 Å². The molecule has 6 heteroatoms. The number of anilines is 1. The second-order valence-corrected chi connectivity index (χ2v) is 5.92. The molecular formula is C21H15N3O3.